The first-order chi connectivity index (χ1) is 9.18. The van der Waals surface area contributed by atoms with Crippen molar-refractivity contribution < 1.29 is 9.59 Å². The van der Waals surface area contributed by atoms with Crippen LogP contribution in [0.2, 0.25) is 0 Å². The maximum Gasteiger partial charge on any atom is 0.233 e. The van der Waals surface area contributed by atoms with Crippen molar-refractivity contribution in [2.24, 2.45) is 17.6 Å². The average Bonchev–Trinajstić information content (AvgIpc) is 3.00. The molecule has 2 amide bonds. The summed E-state index contributed by atoms with van der Waals surface area (Å²) in [4.78, 5) is 25.8. The van der Waals surface area contributed by atoms with Crippen LogP contribution in [0.5, 0.6) is 0 Å². The van der Waals surface area contributed by atoms with Crippen molar-refractivity contribution in [1.29, 1.82) is 0 Å². The number of likely N-dealkylation sites (tertiary alicyclic amines) is 1. The number of hydrogen-bond acceptors (Lipinski definition) is 3. The zero-order valence-corrected chi connectivity index (χ0v) is 10.8. The summed E-state index contributed by atoms with van der Waals surface area (Å²) < 4.78 is 0. The van der Waals surface area contributed by atoms with E-state index >= 15 is 0 Å². The Balaban J connectivity index is 1.74. The summed E-state index contributed by atoms with van der Waals surface area (Å²) in [6, 6.07) is 9.31. The lowest BCUT2D eigenvalue weighted by Gasteiger charge is -2.20. The normalized spacial score (nSPS) is 27.7. The van der Waals surface area contributed by atoms with E-state index < -0.39 is 0 Å². The SMILES string of the molecule is NC(CN1C(=O)C2CCCC2C1=O)c1ccccc1. The number of imide groups is 1. The topological polar surface area (TPSA) is 63.4 Å². The first kappa shape index (κ1) is 12.4. The number of hydrogen-bond donors (Lipinski definition) is 1. The molecule has 4 heteroatoms. The lowest BCUT2D eigenvalue weighted by molar-refractivity contribution is -0.140. The molecule has 0 radical (unpaired) electrons. The Labute approximate surface area is 112 Å². The molecule has 3 atom stereocenters. The molecule has 0 spiro atoms. The third-order valence-electron chi connectivity index (χ3n) is 4.29. The van der Waals surface area contributed by atoms with Crippen LogP contribution in [0.25, 0.3) is 0 Å². The van der Waals surface area contributed by atoms with Crippen molar-refractivity contribution in [3.8, 4) is 0 Å². The minimum atomic E-state index is -0.298. The predicted octanol–water partition coefficient (Wildman–Crippen LogP) is 1.47. The second-order valence-corrected chi connectivity index (χ2v) is 5.45. The summed E-state index contributed by atoms with van der Waals surface area (Å²) >= 11 is 0. The molecule has 2 fully saturated rings. The van der Waals surface area contributed by atoms with Crippen LogP contribution in [0.4, 0.5) is 0 Å². The number of rotatable bonds is 3. The van der Waals surface area contributed by atoms with E-state index in [-0.39, 0.29) is 29.7 Å². The largest absolute Gasteiger partial charge is 0.322 e. The van der Waals surface area contributed by atoms with Gasteiger partial charge in [0.25, 0.3) is 0 Å². The molecule has 1 heterocycles. The number of carbonyl (C=O) groups is 2. The maximum absolute atomic E-state index is 12.2. The summed E-state index contributed by atoms with van der Waals surface area (Å²) in [5.41, 5.74) is 7.06. The molecule has 1 aromatic rings. The molecule has 1 aliphatic carbocycles. The smallest absolute Gasteiger partial charge is 0.233 e. The summed E-state index contributed by atoms with van der Waals surface area (Å²) in [5, 5.41) is 0. The second-order valence-electron chi connectivity index (χ2n) is 5.45. The van der Waals surface area contributed by atoms with Crippen LogP contribution in [0, 0.1) is 11.8 Å². The lowest BCUT2D eigenvalue weighted by Crippen LogP contribution is -2.37. The third kappa shape index (κ3) is 2.06. The Kier molecular flexibility index (Phi) is 3.11. The van der Waals surface area contributed by atoms with Gasteiger partial charge in [-0.15, -0.1) is 0 Å². The van der Waals surface area contributed by atoms with Gasteiger partial charge in [0.1, 0.15) is 0 Å². The minimum Gasteiger partial charge on any atom is -0.322 e. The van der Waals surface area contributed by atoms with E-state index in [0.29, 0.717) is 6.54 Å². The molecule has 2 N–H and O–H groups in total. The molecule has 100 valence electrons. The number of fused-ring (bicyclic) bond motifs is 1. The predicted molar refractivity (Wildman–Crippen MR) is 70.9 cm³/mol. The molecule has 1 saturated carbocycles. The van der Waals surface area contributed by atoms with E-state index in [2.05, 4.69) is 0 Å². The Morgan fingerprint density at radius 1 is 1.11 bits per heavy atom. The maximum atomic E-state index is 12.2. The van der Waals surface area contributed by atoms with Gasteiger partial charge in [0, 0.05) is 12.6 Å². The second kappa shape index (κ2) is 4.78. The van der Waals surface area contributed by atoms with Crippen molar-refractivity contribution in [2.75, 3.05) is 6.54 Å². The van der Waals surface area contributed by atoms with Gasteiger partial charge in [-0.05, 0) is 18.4 Å². The Hall–Kier alpha value is -1.68. The van der Waals surface area contributed by atoms with Gasteiger partial charge in [-0.3, -0.25) is 14.5 Å². The zero-order valence-electron chi connectivity index (χ0n) is 10.8. The van der Waals surface area contributed by atoms with Crippen molar-refractivity contribution in [1.82, 2.24) is 4.90 Å². The fourth-order valence-corrected chi connectivity index (χ4v) is 3.24. The number of benzene rings is 1. The molecule has 3 rings (SSSR count). The van der Waals surface area contributed by atoms with E-state index in [4.69, 9.17) is 5.73 Å². The highest BCUT2D eigenvalue weighted by Crippen LogP contribution is 2.40. The van der Waals surface area contributed by atoms with E-state index in [0.717, 1.165) is 24.8 Å². The highest BCUT2D eigenvalue weighted by Gasteiger charge is 2.49. The Morgan fingerprint density at radius 3 is 2.26 bits per heavy atom. The van der Waals surface area contributed by atoms with Crippen molar-refractivity contribution in [3.63, 3.8) is 0 Å². The molecule has 1 aliphatic heterocycles. The molecule has 19 heavy (non-hydrogen) atoms. The van der Waals surface area contributed by atoms with Gasteiger partial charge in [-0.1, -0.05) is 36.8 Å². The molecular weight excluding hydrogens is 240 g/mol. The van der Waals surface area contributed by atoms with E-state index in [1.54, 1.807) is 0 Å². The van der Waals surface area contributed by atoms with Gasteiger partial charge in [-0.25, -0.2) is 0 Å². The Morgan fingerprint density at radius 2 is 1.68 bits per heavy atom. The van der Waals surface area contributed by atoms with Crippen molar-refractivity contribution in [3.05, 3.63) is 35.9 Å². The standard InChI is InChI=1S/C15H18N2O2/c16-13(10-5-2-1-3-6-10)9-17-14(18)11-7-4-8-12(11)15(17)19/h1-3,5-6,11-13H,4,7-9,16H2. The summed E-state index contributed by atoms with van der Waals surface area (Å²) in [6.07, 6.45) is 2.70. The summed E-state index contributed by atoms with van der Waals surface area (Å²) in [6.45, 7) is 0.300. The first-order valence-electron chi connectivity index (χ1n) is 6.84. The van der Waals surface area contributed by atoms with Gasteiger partial charge < -0.3 is 5.73 Å². The molecule has 3 unspecified atom stereocenters. The van der Waals surface area contributed by atoms with Gasteiger partial charge in [0.15, 0.2) is 0 Å². The fourth-order valence-electron chi connectivity index (χ4n) is 3.24. The molecule has 2 aliphatic rings. The third-order valence-corrected chi connectivity index (χ3v) is 4.29. The van der Waals surface area contributed by atoms with Crippen molar-refractivity contribution in [2.45, 2.75) is 25.3 Å². The average molecular weight is 258 g/mol. The lowest BCUT2D eigenvalue weighted by atomic mass is 10.00. The number of amides is 2. The van der Waals surface area contributed by atoms with Crippen LogP contribution in [0.1, 0.15) is 30.9 Å². The molecule has 0 aromatic heterocycles. The molecule has 4 nitrogen and oxygen atoms in total. The minimum absolute atomic E-state index is 0.0149. The van der Waals surface area contributed by atoms with Gasteiger partial charge in [0.05, 0.1) is 11.8 Å². The fraction of sp³-hybridized carbons (Fsp3) is 0.467. The van der Waals surface area contributed by atoms with Crippen LogP contribution >= 0.6 is 0 Å². The number of nitrogens with two attached hydrogens (primary N) is 1. The highest BCUT2D eigenvalue weighted by molar-refractivity contribution is 6.05. The highest BCUT2D eigenvalue weighted by atomic mass is 16.2. The van der Waals surface area contributed by atoms with Crippen LogP contribution in [0.3, 0.4) is 0 Å². The zero-order chi connectivity index (χ0) is 13.4. The molecular formula is C15H18N2O2. The van der Waals surface area contributed by atoms with Gasteiger partial charge in [0.2, 0.25) is 11.8 Å². The van der Waals surface area contributed by atoms with Crippen LogP contribution in [-0.2, 0) is 9.59 Å². The monoisotopic (exact) mass is 258 g/mol. The van der Waals surface area contributed by atoms with Gasteiger partial charge >= 0.3 is 0 Å². The number of carbonyl (C=O) groups excluding carboxylic acids is 2. The van der Waals surface area contributed by atoms with Crippen LogP contribution in [-0.4, -0.2) is 23.3 Å². The van der Waals surface area contributed by atoms with Gasteiger partial charge in [-0.2, -0.15) is 0 Å². The van der Waals surface area contributed by atoms with E-state index in [9.17, 15) is 9.59 Å². The summed E-state index contributed by atoms with van der Waals surface area (Å²) in [7, 11) is 0. The van der Waals surface area contributed by atoms with E-state index in [1.165, 1.54) is 4.90 Å². The Bertz CT molecular complexity index is 478. The quantitative estimate of drug-likeness (QED) is 0.835. The van der Waals surface area contributed by atoms with Crippen molar-refractivity contribution >= 4 is 11.8 Å². The van der Waals surface area contributed by atoms with Crippen LogP contribution < -0.4 is 5.73 Å². The molecule has 1 aromatic carbocycles. The van der Waals surface area contributed by atoms with E-state index in [1.807, 2.05) is 30.3 Å². The first-order valence-corrected chi connectivity index (χ1v) is 6.84. The molecule has 0 bridgehead atoms. The van der Waals surface area contributed by atoms with Crippen LogP contribution in [0.15, 0.2) is 30.3 Å². The molecule has 1 saturated heterocycles. The number of nitrogens with zero attached hydrogens (tertiary/aromatic N) is 1. The summed E-state index contributed by atoms with van der Waals surface area (Å²) in [5.74, 6) is -0.177.